The van der Waals surface area contributed by atoms with Crippen LogP contribution in [0.3, 0.4) is 0 Å². The van der Waals surface area contributed by atoms with Gasteiger partial charge < -0.3 is 9.55 Å². The van der Waals surface area contributed by atoms with Gasteiger partial charge in [0, 0.05) is 18.2 Å². The lowest BCUT2D eigenvalue weighted by molar-refractivity contribution is -0.123. The Bertz CT molecular complexity index is 305. The second-order valence-corrected chi connectivity index (χ2v) is 7.37. The molecule has 1 heterocycles. The van der Waals surface area contributed by atoms with Crippen LogP contribution in [0.4, 0.5) is 0 Å². The molecule has 1 aliphatic heterocycles. The third-order valence-corrected chi connectivity index (χ3v) is 4.45. The fraction of sp³-hybridized carbons (Fsp3) is 0.933. The van der Waals surface area contributed by atoms with Crippen molar-refractivity contribution < 1.29 is 9.45 Å². The van der Waals surface area contributed by atoms with Crippen molar-refractivity contribution in [2.45, 2.75) is 71.9 Å². The zero-order valence-electron chi connectivity index (χ0n) is 13.1. The van der Waals surface area contributed by atoms with Crippen LogP contribution in [0.1, 0.15) is 60.3 Å². The smallest absolute Gasteiger partial charge is 0.283 e. The summed E-state index contributed by atoms with van der Waals surface area (Å²) in [5, 5.41) is 0. The minimum atomic E-state index is -0.365. The molecule has 2 atom stereocenters. The molecule has 108 valence electrons. The van der Waals surface area contributed by atoms with E-state index in [1.807, 2.05) is 18.7 Å². The van der Waals surface area contributed by atoms with E-state index in [0.717, 1.165) is 32.2 Å². The molecule has 19 heavy (non-hydrogen) atoms. The van der Waals surface area contributed by atoms with Gasteiger partial charge in [-0.15, -0.1) is 0 Å². The molecule has 0 aromatic carbocycles. The molecule has 1 aliphatic rings. The van der Waals surface area contributed by atoms with Crippen molar-refractivity contribution in [3.63, 3.8) is 0 Å². The van der Waals surface area contributed by atoms with E-state index < -0.39 is 0 Å². The molecule has 0 N–H and O–H groups in total. The third-order valence-electron chi connectivity index (χ3n) is 4.45. The van der Waals surface area contributed by atoms with Crippen molar-refractivity contribution in [3.8, 4) is 0 Å². The van der Waals surface area contributed by atoms with Gasteiger partial charge in [-0.1, -0.05) is 20.8 Å². The van der Waals surface area contributed by atoms with Crippen LogP contribution in [0.2, 0.25) is 0 Å². The maximum Gasteiger partial charge on any atom is 0.283 e. The molecule has 1 fully saturated rings. The van der Waals surface area contributed by atoms with Crippen LogP contribution in [-0.4, -0.2) is 37.5 Å². The maximum atomic E-state index is 11.4. The highest BCUT2D eigenvalue weighted by Crippen LogP contribution is 2.39. The van der Waals surface area contributed by atoms with E-state index in [-0.39, 0.29) is 17.1 Å². The van der Waals surface area contributed by atoms with E-state index in [0.29, 0.717) is 5.92 Å². The third kappa shape index (κ3) is 4.52. The average molecular weight is 265 g/mol. The van der Waals surface area contributed by atoms with Gasteiger partial charge >= 0.3 is 0 Å². The Morgan fingerprint density at radius 3 is 2.42 bits per heavy atom. The first-order chi connectivity index (χ1) is 8.72. The molecule has 1 saturated heterocycles. The lowest BCUT2D eigenvalue weighted by atomic mass is 9.73. The van der Waals surface area contributed by atoms with Crippen LogP contribution in [0, 0.1) is 11.3 Å². The molecule has 0 spiro atoms. The fourth-order valence-corrected chi connectivity index (χ4v) is 3.50. The quantitative estimate of drug-likeness (QED) is 0.565. The summed E-state index contributed by atoms with van der Waals surface area (Å²) in [5.74, 6) is 0.696. The van der Waals surface area contributed by atoms with Crippen molar-refractivity contribution in [2.24, 2.45) is 11.3 Å². The highest BCUT2D eigenvalue weighted by atomic mass is 16.4. The molecule has 2 radical (unpaired) electrons. The largest absolute Gasteiger partial charge is 0.443 e. The summed E-state index contributed by atoms with van der Waals surface area (Å²) in [6.07, 6.45) is 5.19. The molecule has 1 rings (SSSR count). The molecule has 0 bridgehead atoms. The molecular formula is C15H28BNO2. The highest BCUT2D eigenvalue weighted by Gasteiger charge is 2.39. The van der Waals surface area contributed by atoms with Crippen LogP contribution < -0.4 is 0 Å². The van der Waals surface area contributed by atoms with Gasteiger partial charge in [0.1, 0.15) is 0 Å². The second kappa shape index (κ2) is 6.30. The van der Waals surface area contributed by atoms with Gasteiger partial charge in [-0.05, 0) is 50.9 Å². The normalized spacial score (nSPS) is 26.1. The number of hydrogen-bond acceptors (Lipinski definition) is 2. The standard InChI is InChI=1S/C15H28BNO2/c1-12-6-7-13(17(11-18)9-8-12)14(2,3)10-15(4,5)19-16/h11-13H,6-10H2,1-5H3. The van der Waals surface area contributed by atoms with Gasteiger partial charge in [0.05, 0.1) is 0 Å². The van der Waals surface area contributed by atoms with E-state index in [1.54, 1.807) is 0 Å². The van der Waals surface area contributed by atoms with Crippen LogP contribution >= 0.6 is 0 Å². The predicted molar refractivity (Wildman–Crippen MR) is 78.9 cm³/mol. The van der Waals surface area contributed by atoms with Crippen molar-refractivity contribution in [3.05, 3.63) is 0 Å². The monoisotopic (exact) mass is 265 g/mol. The number of nitrogens with zero attached hydrogens (tertiary/aromatic N) is 1. The lowest BCUT2D eigenvalue weighted by Crippen LogP contribution is -2.47. The number of carbonyl (C=O) groups excluding carboxylic acids is 1. The Labute approximate surface area is 119 Å². The topological polar surface area (TPSA) is 29.5 Å². The molecule has 3 nitrogen and oxygen atoms in total. The lowest BCUT2D eigenvalue weighted by Gasteiger charge is -2.43. The Kier molecular flexibility index (Phi) is 5.48. The highest BCUT2D eigenvalue weighted by molar-refractivity contribution is 5.98. The Morgan fingerprint density at radius 1 is 1.26 bits per heavy atom. The van der Waals surface area contributed by atoms with Crippen LogP contribution in [-0.2, 0) is 9.45 Å². The molecule has 1 amide bonds. The summed E-state index contributed by atoms with van der Waals surface area (Å²) in [7, 11) is 5.38. The van der Waals surface area contributed by atoms with Crippen LogP contribution in [0.25, 0.3) is 0 Å². The van der Waals surface area contributed by atoms with Crippen molar-refractivity contribution in [1.29, 1.82) is 0 Å². The van der Waals surface area contributed by atoms with E-state index in [4.69, 9.17) is 12.7 Å². The zero-order valence-corrected chi connectivity index (χ0v) is 13.1. The van der Waals surface area contributed by atoms with Gasteiger partial charge in [0.25, 0.3) is 8.05 Å². The number of amides is 1. The van der Waals surface area contributed by atoms with Crippen molar-refractivity contribution in [2.75, 3.05) is 6.54 Å². The van der Waals surface area contributed by atoms with E-state index in [9.17, 15) is 4.79 Å². The first-order valence-corrected chi connectivity index (χ1v) is 7.31. The zero-order chi connectivity index (χ0) is 14.7. The second-order valence-electron chi connectivity index (χ2n) is 7.37. The van der Waals surface area contributed by atoms with Crippen molar-refractivity contribution in [1.82, 2.24) is 4.90 Å². The Balaban J connectivity index is 2.86. The summed E-state index contributed by atoms with van der Waals surface area (Å²) in [5.41, 5.74) is -0.371. The number of hydrogen-bond donors (Lipinski definition) is 0. The molecule has 0 aromatic heterocycles. The fourth-order valence-electron chi connectivity index (χ4n) is 3.50. The van der Waals surface area contributed by atoms with Gasteiger partial charge in [-0.2, -0.15) is 0 Å². The molecular weight excluding hydrogens is 237 g/mol. The van der Waals surface area contributed by atoms with Crippen LogP contribution in [0.5, 0.6) is 0 Å². The summed E-state index contributed by atoms with van der Waals surface area (Å²) in [6.45, 7) is 11.6. The minimum absolute atomic E-state index is 0.00611. The average Bonchev–Trinajstić information content (AvgIpc) is 2.50. The van der Waals surface area contributed by atoms with E-state index >= 15 is 0 Å². The Hall–Kier alpha value is -0.505. The van der Waals surface area contributed by atoms with Gasteiger partial charge in [-0.25, -0.2) is 0 Å². The van der Waals surface area contributed by atoms with E-state index in [1.165, 1.54) is 6.42 Å². The van der Waals surface area contributed by atoms with Gasteiger partial charge in [0.15, 0.2) is 0 Å². The first kappa shape index (κ1) is 16.5. The molecule has 0 saturated carbocycles. The molecule has 2 unspecified atom stereocenters. The number of likely N-dealkylation sites (tertiary alicyclic amines) is 1. The summed E-state index contributed by atoms with van der Waals surface area (Å²) < 4.78 is 5.08. The van der Waals surface area contributed by atoms with E-state index in [2.05, 4.69) is 20.8 Å². The Morgan fingerprint density at radius 2 is 1.89 bits per heavy atom. The first-order valence-electron chi connectivity index (χ1n) is 7.31. The SMILES string of the molecule is [B]OC(C)(C)CC(C)(C)C1CCC(C)CCN1C=O. The summed E-state index contributed by atoms with van der Waals surface area (Å²) >= 11 is 0. The van der Waals surface area contributed by atoms with Crippen LogP contribution in [0.15, 0.2) is 0 Å². The number of carbonyl (C=O) groups is 1. The minimum Gasteiger partial charge on any atom is -0.443 e. The summed E-state index contributed by atoms with van der Waals surface area (Å²) in [4.78, 5) is 13.4. The van der Waals surface area contributed by atoms with Gasteiger partial charge in [0.2, 0.25) is 6.41 Å². The molecule has 0 aromatic rings. The molecule has 4 heteroatoms. The molecule has 0 aliphatic carbocycles. The van der Waals surface area contributed by atoms with Crippen molar-refractivity contribution >= 4 is 14.5 Å². The summed E-state index contributed by atoms with van der Waals surface area (Å²) in [6, 6.07) is 0.268. The number of rotatable bonds is 5. The predicted octanol–water partition coefficient (Wildman–Crippen LogP) is 2.93. The maximum absolute atomic E-state index is 11.4. The van der Waals surface area contributed by atoms with Gasteiger partial charge in [-0.3, -0.25) is 4.79 Å².